The van der Waals surface area contributed by atoms with Gasteiger partial charge in [-0.05, 0) is 19.9 Å². The minimum atomic E-state index is -1.30. The van der Waals surface area contributed by atoms with E-state index in [1.807, 2.05) is 13.0 Å². The Bertz CT molecular complexity index is 584. The summed E-state index contributed by atoms with van der Waals surface area (Å²) < 4.78 is 0. The Morgan fingerprint density at radius 1 is 1.10 bits per heavy atom. The van der Waals surface area contributed by atoms with Gasteiger partial charge >= 0.3 is 11.9 Å². The van der Waals surface area contributed by atoms with Crippen molar-refractivity contribution >= 4 is 17.7 Å². The molecule has 0 amide bonds. The van der Waals surface area contributed by atoms with E-state index in [1.165, 1.54) is 6.92 Å². The number of allylic oxidation sites excluding steroid dienone is 1. The van der Waals surface area contributed by atoms with Gasteiger partial charge in [0.2, 0.25) is 0 Å². The third-order valence-corrected chi connectivity index (χ3v) is 2.87. The number of rotatable bonds is 6. The maximum absolute atomic E-state index is 12.0. The van der Waals surface area contributed by atoms with Crippen molar-refractivity contribution in [2.45, 2.75) is 26.7 Å². The normalized spacial score (nSPS) is 11.7. The van der Waals surface area contributed by atoms with Crippen molar-refractivity contribution in [3.05, 3.63) is 46.5 Å². The molecule has 0 heterocycles. The lowest BCUT2D eigenvalue weighted by atomic mass is 9.97. The summed E-state index contributed by atoms with van der Waals surface area (Å²) in [5, 5.41) is 17.7. The molecule has 0 aliphatic rings. The molecule has 0 saturated carbocycles. The molecule has 0 unspecified atom stereocenters. The van der Waals surface area contributed by atoms with Gasteiger partial charge in [0.05, 0.1) is 6.42 Å². The van der Waals surface area contributed by atoms with E-state index in [0.717, 1.165) is 5.56 Å². The first-order valence-corrected chi connectivity index (χ1v) is 6.05. The predicted molar refractivity (Wildman–Crippen MR) is 72.7 cm³/mol. The van der Waals surface area contributed by atoms with E-state index in [0.29, 0.717) is 5.56 Å². The fourth-order valence-electron chi connectivity index (χ4n) is 1.83. The van der Waals surface area contributed by atoms with Crippen molar-refractivity contribution in [3.8, 4) is 0 Å². The van der Waals surface area contributed by atoms with Crippen LogP contribution >= 0.6 is 0 Å². The van der Waals surface area contributed by atoms with Gasteiger partial charge < -0.3 is 10.2 Å². The molecular weight excluding hydrogens is 260 g/mol. The van der Waals surface area contributed by atoms with Gasteiger partial charge in [0.1, 0.15) is 0 Å². The van der Waals surface area contributed by atoms with Crippen LogP contribution in [-0.2, 0) is 9.59 Å². The number of ketones is 1. The molecule has 0 aliphatic heterocycles. The first-order chi connectivity index (χ1) is 9.31. The average Bonchev–Trinajstić information content (AvgIpc) is 2.35. The summed E-state index contributed by atoms with van der Waals surface area (Å²) in [5.41, 5.74) is 1.45. The van der Waals surface area contributed by atoms with Crippen molar-refractivity contribution in [2.75, 3.05) is 0 Å². The molecule has 5 nitrogen and oxygen atoms in total. The highest BCUT2D eigenvalue weighted by atomic mass is 16.4. The second kappa shape index (κ2) is 6.65. The van der Waals surface area contributed by atoms with Crippen molar-refractivity contribution in [3.63, 3.8) is 0 Å². The molecule has 0 aliphatic carbocycles. The second-order valence-corrected chi connectivity index (χ2v) is 4.60. The van der Waals surface area contributed by atoms with E-state index in [-0.39, 0.29) is 23.4 Å². The average molecular weight is 276 g/mol. The van der Waals surface area contributed by atoms with Gasteiger partial charge in [0.15, 0.2) is 5.78 Å². The lowest BCUT2D eigenvalue weighted by molar-refractivity contribution is -0.139. The Labute approximate surface area is 116 Å². The third kappa shape index (κ3) is 4.35. The van der Waals surface area contributed by atoms with E-state index in [4.69, 9.17) is 10.2 Å². The highest BCUT2D eigenvalue weighted by molar-refractivity contribution is 6.00. The molecule has 0 radical (unpaired) electrons. The van der Waals surface area contributed by atoms with Gasteiger partial charge in [-0.1, -0.05) is 29.3 Å². The number of hydrogen-bond donors (Lipinski definition) is 2. The molecule has 106 valence electrons. The maximum atomic E-state index is 12.0. The quantitative estimate of drug-likeness (QED) is 0.615. The monoisotopic (exact) mass is 276 g/mol. The summed E-state index contributed by atoms with van der Waals surface area (Å²) in [6.07, 6.45) is -0.694. The molecule has 20 heavy (non-hydrogen) atoms. The highest BCUT2D eigenvalue weighted by Gasteiger charge is 2.17. The smallest absolute Gasteiger partial charge is 0.332 e. The molecule has 0 saturated heterocycles. The zero-order valence-electron chi connectivity index (χ0n) is 11.3. The van der Waals surface area contributed by atoms with Gasteiger partial charge in [0, 0.05) is 17.6 Å². The van der Waals surface area contributed by atoms with Crippen LogP contribution < -0.4 is 0 Å². The van der Waals surface area contributed by atoms with Gasteiger partial charge in [-0.25, -0.2) is 4.79 Å². The van der Waals surface area contributed by atoms with E-state index in [2.05, 4.69) is 0 Å². The molecule has 1 rings (SSSR count). The number of benzene rings is 1. The highest BCUT2D eigenvalue weighted by Crippen LogP contribution is 2.16. The van der Waals surface area contributed by atoms with Crippen molar-refractivity contribution in [2.24, 2.45) is 0 Å². The standard InChI is InChI=1S/C15H16O5/c1-9-4-3-5-11(6-9)13(16)7-10(2)12(15(19)20)8-14(17)18/h3-6H,7-8H2,1-2H3,(H,17,18)(H,19,20). The van der Waals surface area contributed by atoms with Crippen LogP contribution in [0, 0.1) is 6.92 Å². The van der Waals surface area contributed by atoms with Crippen molar-refractivity contribution in [1.29, 1.82) is 0 Å². The van der Waals surface area contributed by atoms with Crippen LogP contribution in [0.2, 0.25) is 0 Å². The van der Waals surface area contributed by atoms with E-state index >= 15 is 0 Å². The molecule has 0 spiro atoms. The Kier molecular flexibility index (Phi) is 5.20. The predicted octanol–water partition coefficient (Wildman–Crippen LogP) is 2.44. The first kappa shape index (κ1) is 15.6. The van der Waals surface area contributed by atoms with E-state index in [9.17, 15) is 14.4 Å². The Balaban J connectivity index is 2.97. The van der Waals surface area contributed by atoms with Crippen LogP contribution in [-0.4, -0.2) is 27.9 Å². The van der Waals surface area contributed by atoms with Crippen LogP contribution in [0.1, 0.15) is 35.7 Å². The van der Waals surface area contributed by atoms with Gasteiger partial charge in [-0.3, -0.25) is 9.59 Å². The fraction of sp³-hybridized carbons (Fsp3) is 0.267. The number of aryl methyl sites for hydroxylation is 1. The van der Waals surface area contributed by atoms with Crippen LogP contribution in [0.4, 0.5) is 0 Å². The SMILES string of the molecule is CC(CC(=O)c1cccc(C)c1)=C(CC(=O)O)C(=O)O. The molecular formula is C15H16O5. The summed E-state index contributed by atoms with van der Waals surface area (Å²) >= 11 is 0. The zero-order valence-corrected chi connectivity index (χ0v) is 11.3. The minimum absolute atomic E-state index is 0.0988. The summed E-state index contributed by atoms with van der Waals surface area (Å²) in [7, 11) is 0. The molecule has 0 bridgehead atoms. The number of carboxylic acids is 2. The van der Waals surface area contributed by atoms with Crippen LogP contribution in [0.25, 0.3) is 0 Å². The number of carbonyl (C=O) groups is 3. The Morgan fingerprint density at radius 3 is 2.25 bits per heavy atom. The lowest BCUT2D eigenvalue weighted by Gasteiger charge is -2.07. The summed E-state index contributed by atoms with van der Waals surface area (Å²) in [4.78, 5) is 33.7. The zero-order chi connectivity index (χ0) is 15.3. The molecule has 1 aromatic carbocycles. The largest absolute Gasteiger partial charge is 0.481 e. The van der Waals surface area contributed by atoms with E-state index < -0.39 is 18.4 Å². The Morgan fingerprint density at radius 2 is 1.75 bits per heavy atom. The fourth-order valence-corrected chi connectivity index (χ4v) is 1.83. The van der Waals surface area contributed by atoms with Crippen molar-refractivity contribution < 1.29 is 24.6 Å². The van der Waals surface area contributed by atoms with Gasteiger partial charge in [0.25, 0.3) is 0 Å². The Hall–Kier alpha value is -2.43. The number of Topliss-reactive ketones (excluding diaryl/α,β-unsaturated/α-hetero) is 1. The van der Waals surface area contributed by atoms with E-state index in [1.54, 1.807) is 18.2 Å². The van der Waals surface area contributed by atoms with Crippen LogP contribution in [0.3, 0.4) is 0 Å². The number of carbonyl (C=O) groups excluding carboxylic acids is 1. The topological polar surface area (TPSA) is 91.7 Å². The maximum Gasteiger partial charge on any atom is 0.332 e. The molecule has 5 heteroatoms. The third-order valence-electron chi connectivity index (χ3n) is 2.87. The number of carboxylic acid groups (broad SMARTS) is 2. The molecule has 0 fully saturated rings. The summed E-state index contributed by atoms with van der Waals surface area (Å²) in [5.74, 6) is -2.76. The first-order valence-electron chi connectivity index (χ1n) is 6.05. The lowest BCUT2D eigenvalue weighted by Crippen LogP contribution is -2.11. The van der Waals surface area contributed by atoms with Crippen LogP contribution in [0.5, 0.6) is 0 Å². The van der Waals surface area contributed by atoms with Gasteiger partial charge in [-0.2, -0.15) is 0 Å². The number of hydrogen-bond acceptors (Lipinski definition) is 3. The minimum Gasteiger partial charge on any atom is -0.481 e. The summed E-state index contributed by atoms with van der Waals surface area (Å²) in [6.45, 7) is 3.33. The van der Waals surface area contributed by atoms with Crippen LogP contribution in [0.15, 0.2) is 35.4 Å². The molecule has 1 aromatic rings. The molecule has 2 N–H and O–H groups in total. The van der Waals surface area contributed by atoms with Gasteiger partial charge in [-0.15, -0.1) is 0 Å². The second-order valence-electron chi connectivity index (χ2n) is 4.60. The molecule has 0 aromatic heterocycles. The number of aliphatic carboxylic acids is 2. The summed E-state index contributed by atoms with van der Waals surface area (Å²) in [6, 6.07) is 6.97. The van der Waals surface area contributed by atoms with Crippen molar-refractivity contribution in [1.82, 2.24) is 0 Å². The molecule has 0 atom stereocenters.